The molecule has 2 nitrogen and oxygen atoms in total. The largest absolute Gasteiger partial charge is 0.263 e. The number of pyridine rings is 1. The van der Waals surface area contributed by atoms with Crippen molar-refractivity contribution < 1.29 is 0 Å². The SMILES string of the molecule is N#Cc1cncc(-c2ccc(Cl)cc2Cl)c1. The van der Waals surface area contributed by atoms with E-state index in [1.54, 1.807) is 24.4 Å². The Morgan fingerprint density at radius 3 is 2.62 bits per heavy atom. The van der Waals surface area contributed by atoms with Crippen LogP contribution in [0.15, 0.2) is 36.7 Å². The molecule has 4 heteroatoms. The van der Waals surface area contributed by atoms with E-state index in [0.29, 0.717) is 15.6 Å². The van der Waals surface area contributed by atoms with Gasteiger partial charge in [0.15, 0.2) is 0 Å². The normalized spacial score (nSPS) is 9.81. The smallest absolute Gasteiger partial charge is 0.101 e. The molecule has 0 amide bonds. The van der Waals surface area contributed by atoms with Crippen LogP contribution >= 0.6 is 23.2 Å². The van der Waals surface area contributed by atoms with Crippen molar-refractivity contribution in [3.8, 4) is 17.2 Å². The van der Waals surface area contributed by atoms with E-state index in [-0.39, 0.29) is 0 Å². The topological polar surface area (TPSA) is 36.7 Å². The van der Waals surface area contributed by atoms with Crippen molar-refractivity contribution in [3.05, 3.63) is 52.3 Å². The fraction of sp³-hybridized carbons (Fsp3) is 0. The van der Waals surface area contributed by atoms with E-state index in [1.807, 2.05) is 12.1 Å². The second-order valence-electron chi connectivity index (χ2n) is 3.20. The summed E-state index contributed by atoms with van der Waals surface area (Å²) in [7, 11) is 0. The van der Waals surface area contributed by atoms with E-state index in [1.165, 1.54) is 6.20 Å². The van der Waals surface area contributed by atoms with Crippen molar-refractivity contribution >= 4 is 23.2 Å². The summed E-state index contributed by atoms with van der Waals surface area (Å²) in [5, 5.41) is 9.91. The molecular formula is C12H6Cl2N2. The maximum atomic E-state index is 8.78. The molecule has 0 radical (unpaired) electrons. The molecule has 0 aliphatic rings. The van der Waals surface area contributed by atoms with Crippen LogP contribution in [-0.4, -0.2) is 4.98 Å². The summed E-state index contributed by atoms with van der Waals surface area (Å²) in [6.45, 7) is 0. The maximum Gasteiger partial charge on any atom is 0.101 e. The van der Waals surface area contributed by atoms with E-state index in [9.17, 15) is 0 Å². The first-order chi connectivity index (χ1) is 7.70. The van der Waals surface area contributed by atoms with Gasteiger partial charge >= 0.3 is 0 Å². The second kappa shape index (κ2) is 4.52. The predicted octanol–water partition coefficient (Wildman–Crippen LogP) is 3.93. The number of halogens is 2. The molecule has 16 heavy (non-hydrogen) atoms. The van der Waals surface area contributed by atoms with E-state index >= 15 is 0 Å². The van der Waals surface area contributed by atoms with Gasteiger partial charge in [0.05, 0.1) is 5.56 Å². The molecule has 0 fully saturated rings. The lowest BCUT2D eigenvalue weighted by molar-refractivity contribution is 1.30. The molecular weight excluding hydrogens is 243 g/mol. The van der Waals surface area contributed by atoms with Gasteiger partial charge in [-0.25, -0.2) is 0 Å². The lowest BCUT2D eigenvalue weighted by Crippen LogP contribution is -1.84. The zero-order valence-electron chi connectivity index (χ0n) is 8.11. The van der Waals surface area contributed by atoms with Gasteiger partial charge in [0.2, 0.25) is 0 Å². The Kier molecular flexibility index (Phi) is 3.09. The van der Waals surface area contributed by atoms with Gasteiger partial charge in [-0.2, -0.15) is 5.26 Å². The lowest BCUT2D eigenvalue weighted by Gasteiger charge is -2.04. The molecule has 78 valence electrons. The molecule has 0 bridgehead atoms. The molecule has 2 rings (SSSR count). The van der Waals surface area contributed by atoms with Gasteiger partial charge in [-0.1, -0.05) is 29.3 Å². The minimum atomic E-state index is 0.503. The van der Waals surface area contributed by atoms with Crippen molar-refractivity contribution in [3.63, 3.8) is 0 Å². The number of rotatable bonds is 1. The summed E-state index contributed by atoms with van der Waals surface area (Å²) in [6, 6.07) is 9.00. The third-order valence-electron chi connectivity index (χ3n) is 2.11. The fourth-order valence-corrected chi connectivity index (χ4v) is 1.89. The average Bonchev–Trinajstić information content (AvgIpc) is 2.29. The fourth-order valence-electron chi connectivity index (χ4n) is 1.37. The van der Waals surface area contributed by atoms with Crippen LogP contribution in [0.2, 0.25) is 10.0 Å². The zero-order chi connectivity index (χ0) is 11.5. The highest BCUT2D eigenvalue weighted by Crippen LogP contribution is 2.30. The Hall–Kier alpha value is -1.56. The number of aromatic nitrogens is 1. The molecule has 0 unspecified atom stereocenters. The number of benzene rings is 1. The molecule has 0 N–H and O–H groups in total. The summed E-state index contributed by atoms with van der Waals surface area (Å²) in [6.07, 6.45) is 3.17. The molecule has 2 aromatic rings. The van der Waals surface area contributed by atoms with Crippen molar-refractivity contribution in [2.75, 3.05) is 0 Å². The predicted molar refractivity (Wildman–Crippen MR) is 64.4 cm³/mol. The molecule has 1 aromatic heterocycles. The average molecular weight is 249 g/mol. The van der Waals surface area contributed by atoms with Gasteiger partial charge in [-0.15, -0.1) is 0 Å². The Morgan fingerprint density at radius 2 is 1.94 bits per heavy atom. The van der Waals surface area contributed by atoms with Crippen LogP contribution in [0.5, 0.6) is 0 Å². The van der Waals surface area contributed by atoms with E-state index < -0.39 is 0 Å². The van der Waals surface area contributed by atoms with E-state index in [2.05, 4.69) is 4.98 Å². The van der Waals surface area contributed by atoms with Crippen LogP contribution in [0.25, 0.3) is 11.1 Å². The molecule has 1 aromatic carbocycles. The second-order valence-corrected chi connectivity index (χ2v) is 4.04. The van der Waals surface area contributed by atoms with Crippen LogP contribution in [-0.2, 0) is 0 Å². The highest BCUT2D eigenvalue weighted by Gasteiger charge is 2.05. The number of hydrogen-bond acceptors (Lipinski definition) is 2. The third kappa shape index (κ3) is 2.16. The van der Waals surface area contributed by atoms with Crippen LogP contribution in [0.4, 0.5) is 0 Å². The van der Waals surface area contributed by atoms with Crippen LogP contribution < -0.4 is 0 Å². The first-order valence-electron chi connectivity index (χ1n) is 4.51. The van der Waals surface area contributed by atoms with Gasteiger partial charge in [-0.3, -0.25) is 4.98 Å². The van der Waals surface area contributed by atoms with Crippen molar-refractivity contribution in [1.82, 2.24) is 4.98 Å². The Bertz CT molecular complexity index is 573. The van der Waals surface area contributed by atoms with Gasteiger partial charge in [0, 0.05) is 33.6 Å². The molecule has 0 atom stereocenters. The highest BCUT2D eigenvalue weighted by atomic mass is 35.5. The molecule has 0 spiro atoms. The first kappa shape index (κ1) is 10.9. The highest BCUT2D eigenvalue weighted by molar-refractivity contribution is 6.36. The Morgan fingerprint density at radius 1 is 1.12 bits per heavy atom. The number of hydrogen-bond donors (Lipinski definition) is 0. The summed E-state index contributed by atoms with van der Waals surface area (Å²) in [4.78, 5) is 3.98. The van der Waals surface area contributed by atoms with Crippen LogP contribution in [0.1, 0.15) is 5.56 Å². The Balaban J connectivity index is 2.55. The maximum absolute atomic E-state index is 8.78. The van der Waals surface area contributed by atoms with Crippen molar-refractivity contribution in [2.45, 2.75) is 0 Å². The molecule has 0 aliphatic heterocycles. The van der Waals surface area contributed by atoms with Gasteiger partial charge < -0.3 is 0 Å². The summed E-state index contributed by atoms with van der Waals surface area (Å²) in [5.41, 5.74) is 2.12. The third-order valence-corrected chi connectivity index (χ3v) is 2.66. The van der Waals surface area contributed by atoms with Crippen LogP contribution in [0.3, 0.4) is 0 Å². The zero-order valence-corrected chi connectivity index (χ0v) is 9.63. The van der Waals surface area contributed by atoms with Crippen molar-refractivity contribution in [2.24, 2.45) is 0 Å². The van der Waals surface area contributed by atoms with Crippen molar-refractivity contribution in [1.29, 1.82) is 5.26 Å². The molecule has 0 aliphatic carbocycles. The van der Waals surface area contributed by atoms with Gasteiger partial charge in [0.1, 0.15) is 6.07 Å². The molecule has 0 saturated heterocycles. The monoisotopic (exact) mass is 248 g/mol. The Labute approximate surface area is 103 Å². The minimum absolute atomic E-state index is 0.503. The lowest BCUT2D eigenvalue weighted by atomic mass is 10.1. The summed E-state index contributed by atoms with van der Waals surface area (Å²) >= 11 is 11.9. The standard InChI is InChI=1S/C12H6Cl2N2/c13-10-1-2-11(12(14)4-10)9-3-8(5-15)6-16-7-9/h1-4,6-7H. The van der Waals surface area contributed by atoms with E-state index in [4.69, 9.17) is 28.5 Å². The number of nitriles is 1. The summed E-state index contributed by atoms with van der Waals surface area (Å²) in [5.74, 6) is 0. The first-order valence-corrected chi connectivity index (χ1v) is 5.27. The minimum Gasteiger partial charge on any atom is -0.263 e. The van der Waals surface area contributed by atoms with Gasteiger partial charge in [-0.05, 0) is 18.2 Å². The molecule has 0 saturated carbocycles. The van der Waals surface area contributed by atoms with Gasteiger partial charge in [0.25, 0.3) is 0 Å². The summed E-state index contributed by atoms with van der Waals surface area (Å²) < 4.78 is 0. The van der Waals surface area contributed by atoms with Crippen LogP contribution in [0, 0.1) is 11.3 Å². The number of nitrogens with zero attached hydrogens (tertiary/aromatic N) is 2. The van der Waals surface area contributed by atoms with E-state index in [0.717, 1.165) is 11.1 Å². The molecule has 1 heterocycles. The quantitative estimate of drug-likeness (QED) is 0.767.